The summed E-state index contributed by atoms with van der Waals surface area (Å²) in [7, 11) is 0. The van der Waals surface area contributed by atoms with Crippen molar-refractivity contribution < 1.29 is 14.9 Å². The summed E-state index contributed by atoms with van der Waals surface area (Å²) in [4.78, 5) is 13.6. The molecule has 4 saturated carbocycles. The Balaban J connectivity index is 0.943. The Hall–Kier alpha value is -4.50. The number of rotatable bonds is 10. The summed E-state index contributed by atoms with van der Waals surface area (Å²) in [5.74, 6) is 0.401. The molecule has 6 fully saturated rings. The molecule has 3 aliphatic heterocycles. The third-order valence-electron chi connectivity index (χ3n) is 13.7. The van der Waals surface area contributed by atoms with Crippen molar-refractivity contribution in [1.82, 2.24) is 35.2 Å². The summed E-state index contributed by atoms with van der Waals surface area (Å²) >= 11 is 1.48. The number of aliphatic imine (C=N–C) groups is 1. The molecule has 1 aromatic carbocycles. The predicted molar refractivity (Wildman–Crippen MR) is 230 cm³/mol. The van der Waals surface area contributed by atoms with Crippen LogP contribution < -0.4 is 16.4 Å². The molecule has 4 bridgehead atoms. The first kappa shape index (κ1) is 39.0. The minimum Gasteiger partial charge on any atom is -0.480 e. The number of aliphatic hydroxyl groups is 2. The number of hydrogen-bond donors (Lipinski definition) is 6. The van der Waals surface area contributed by atoms with Crippen LogP contribution in [0.4, 0.5) is 5.13 Å². The average Bonchev–Trinajstić information content (AvgIpc) is 3.74. The van der Waals surface area contributed by atoms with E-state index in [1.807, 2.05) is 54.4 Å². The van der Waals surface area contributed by atoms with Crippen LogP contribution in [-0.4, -0.2) is 97.9 Å². The maximum Gasteiger partial charge on any atom is 0.299 e. The van der Waals surface area contributed by atoms with Crippen LogP contribution in [0.25, 0.3) is 15.8 Å². The van der Waals surface area contributed by atoms with E-state index in [1.54, 1.807) is 0 Å². The first-order valence-corrected chi connectivity index (χ1v) is 21.7. The van der Waals surface area contributed by atoms with Gasteiger partial charge in [0.2, 0.25) is 5.13 Å². The Labute approximate surface area is 344 Å². The highest BCUT2D eigenvalue weighted by Gasteiger charge is 2.66. The molecule has 5 heterocycles. The van der Waals surface area contributed by atoms with Crippen molar-refractivity contribution in [3.05, 3.63) is 82.5 Å². The molecule has 10 rings (SSSR count). The lowest BCUT2D eigenvalue weighted by atomic mass is 9.39. The quantitative estimate of drug-likeness (QED) is 0.0710. The molecule has 0 amide bonds. The number of nitrogens with one attached hydrogen (secondary N) is 3. The molecular formula is C44H58N10O3S. The molecule has 7 N–H and O–H groups in total. The van der Waals surface area contributed by atoms with E-state index in [1.165, 1.54) is 30.6 Å². The van der Waals surface area contributed by atoms with E-state index in [0.29, 0.717) is 41.2 Å². The fourth-order valence-electron chi connectivity index (χ4n) is 12.4. The number of benzene rings is 1. The van der Waals surface area contributed by atoms with Crippen molar-refractivity contribution in [3.8, 4) is 0 Å². The third-order valence-corrected chi connectivity index (χ3v) is 14.6. The molecular weight excluding hydrogens is 749 g/mol. The zero-order chi connectivity index (χ0) is 40.5. The van der Waals surface area contributed by atoms with Gasteiger partial charge in [-0.15, -0.1) is 0 Å². The summed E-state index contributed by atoms with van der Waals surface area (Å²) in [6.07, 6.45) is 14.1. The van der Waals surface area contributed by atoms with Crippen LogP contribution in [0.1, 0.15) is 83.4 Å². The number of amidine groups is 2. The van der Waals surface area contributed by atoms with Crippen LogP contribution in [0.15, 0.2) is 76.2 Å². The largest absolute Gasteiger partial charge is 0.480 e. The smallest absolute Gasteiger partial charge is 0.299 e. The summed E-state index contributed by atoms with van der Waals surface area (Å²) in [5.41, 5.74) is 12.0. The third kappa shape index (κ3) is 7.26. The van der Waals surface area contributed by atoms with Gasteiger partial charge in [0.15, 0.2) is 0 Å². The van der Waals surface area contributed by atoms with Crippen molar-refractivity contribution in [3.63, 3.8) is 0 Å². The Morgan fingerprint density at radius 2 is 1.79 bits per heavy atom. The molecule has 0 spiro atoms. The number of nitrogens with two attached hydrogens (primary N) is 1. The topological polar surface area (TPSA) is 173 Å². The van der Waals surface area contributed by atoms with Crippen LogP contribution in [0.5, 0.6) is 0 Å². The Bertz CT molecular complexity index is 2240. The maximum atomic E-state index is 10.7. The fraction of sp³-hybridized carbons (Fsp3) is 0.545. The van der Waals surface area contributed by atoms with Gasteiger partial charge in [-0.3, -0.25) is 15.0 Å². The van der Waals surface area contributed by atoms with E-state index < -0.39 is 5.95 Å². The second kappa shape index (κ2) is 14.6. The number of aliphatic hydroxyl groups excluding tert-OH is 1. The number of hydrogen-bond acceptors (Lipinski definition) is 11. The lowest BCUT2D eigenvalue weighted by Gasteiger charge is -2.69. The first-order valence-electron chi connectivity index (χ1n) is 20.9. The van der Waals surface area contributed by atoms with E-state index in [0.717, 1.165) is 104 Å². The Morgan fingerprint density at radius 3 is 2.53 bits per heavy atom. The van der Waals surface area contributed by atoms with Crippen LogP contribution >= 0.6 is 11.3 Å². The van der Waals surface area contributed by atoms with Gasteiger partial charge in [0, 0.05) is 68.2 Å². The van der Waals surface area contributed by atoms with Crippen molar-refractivity contribution in [2.45, 2.75) is 91.2 Å². The number of piperidine rings is 1. The molecule has 14 heteroatoms. The number of thiazole rings is 1. The Morgan fingerprint density at radius 1 is 1.03 bits per heavy atom. The van der Waals surface area contributed by atoms with Crippen molar-refractivity contribution in [2.75, 3.05) is 45.9 Å². The number of fused-ring (bicyclic) bond motifs is 1. The van der Waals surface area contributed by atoms with Gasteiger partial charge in [-0.2, -0.15) is 5.10 Å². The van der Waals surface area contributed by atoms with Crippen LogP contribution in [0.2, 0.25) is 0 Å². The predicted octanol–water partition coefficient (Wildman–Crippen LogP) is 7.03. The molecule has 7 aliphatic rings. The number of allylic oxidation sites excluding steroid dienone is 3. The summed E-state index contributed by atoms with van der Waals surface area (Å²) in [6.45, 7) is 16.4. The van der Waals surface area contributed by atoms with Crippen molar-refractivity contribution >= 4 is 43.9 Å². The number of para-hydroxylation sites is 1. The normalized spacial score (nSPS) is 31.1. The van der Waals surface area contributed by atoms with E-state index in [4.69, 9.17) is 15.6 Å². The molecule has 2 unspecified atom stereocenters. The first-order chi connectivity index (χ1) is 27.7. The van der Waals surface area contributed by atoms with Crippen LogP contribution in [0.3, 0.4) is 0 Å². The number of piperazine rings is 1. The molecule has 58 heavy (non-hydrogen) atoms. The summed E-state index contributed by atoms with van der Waals surface area (Å²) < 4.78 is 10.2. The highest BCUT2D eigenvalue weighted by Crippen LogP contribution is 2.72. The van der Waals surface area contributed by atoms with Crippen molar-refractivity contribution in [1.29, 1.82) is 5.41 Å². The molecule has 4 aliphatic carbocycles. The second-order valence-corrected chi connectivity index (χ2v) is 19.7. The van der Waals surface area contributed by atoms with Gasteiger partial charge in [0.25, 0.3) is 5.95 Å². The van der Waals surface area contributed by atoms with E-state index in [2.05, 4.69) is 51.0 Å². The SMILES string of the molecule is CC(=C1\CCCN(C2=CC=C(c3cnn(CC45CC6(OCCN7CCNCC7)C[C@](C)(C4)C[C@](C)(C5)C6)c3C)C(=C(O)O)N2)C1=N)/C(N)=N\c1nc2ccccc2s1. The lowest BCUT2D eigenvalue weighted by molar-refractivity contribution is -0.249. The number of dihydropyridines is 1. The van der Waals surface area contributed by atoms with Gasteiger partial charge in [-0.1, -0.05) is 37.3 Å². The maximum absolute atomic E-state index is 10.7. The molecule has 4 atom stereocenters. The standard InChI is InChI=1S/C44H58N10O3S/c1-28(37(45)51-40-49-33-9-5-6-10-34(33)58-40)30-8-7-15-53(38(30)46)35-12-11-31(36(50-35)39(55)56)32-20-48-54(29(32)2)27-43-22-41(3)21-42(4,23-43)25-44(24-41,26-43)57-19-18-52-16-13-47-14-17-52/h5-6,9-12,20,46-47,50,55-56H,7-8,13-19,21-27H2,1-4H3,(H2,45,49,51)/b30-28-,46-38?/t41-,42+,43?,44?. The number of ether oxygens (including phenoxy) is 1. The molecule has 13 nitrogen and oxygen atoms in total. The highest BCUT2D eigenvalue weighted by atomic mass is 32.1. The number of nitrogens with zero attached hydrogens (tertiary/aromatic N) is 6. The van der Waals surface area contributed by atoms with Crippen LogP contribution in [0, 0.1) is 28.6 Å². The van der Waals surface area contributed by atoms with Crippen LogP contribution in [-0.2, 0) is 11.3 Å². The summed E-state index contributed by atoms with van der Waals surface area (Å²) in [6, 6.07) is 7.90. The van der Waals surface area contributed by atoms with E-state index in [9.17, 15) is 15.6 Å². The minimum absolute atomic E-state index is 0.0753. The summed E-state index contributed by atoms with van der Waals surface area (Å²) in [5, 5.41) is 42.9. The van der Waals surface area contributed by atoms with Gasteiger partial charge in [-0.25, -0.2) is 9.98 Å². The molecule has 2 aromatic heterocycles. The van der Waals surface area contributed by atoms with Gasteiger partial charge >= 0.3 is 0 Å². The number of aromatic nitrogens is 3. The molecule has 308 valence electrons. The van der Waals surface area contributed by atoms with E-state index in [-0.39, 0.29) is 27.5 Å². The fourth-order valence-corrected chi connectivity index (χ4v) is 13.2. The Kier molecular flexibility index (Phi) is 9.85. The van der Waals surface area contributed by atoms with E-state index >= 15 is 0 Å². The molecule has 3 aromatic rings. The zero-order valence-corrected chi connectivity index (χ0v) is 35.1. The van der Waals surface area contributed by atoms with Gasteiger partial charge in [0.1, 0.15) is 23.2 Å². The van der Waals surface area contributed by atoms with Gasteiger partial charge < -0.3 is 36.2 Å². The van der Waals surface area contributed by atoms with Gasteiger partial charge in [-0.05, 0) is 111 Å². The molecule has 2 saturated heterocycles. The lowest BCUT2D eigenvalue weighted by Crippen LogP contribution is -2.64. The molecule has 0 radical (unpaired) electrons. The number of likely N-dealkylation sites (tertiary alicyclic amines) is 1. The van der Waals surface area contributed by atoms with Crippen molar-refractivity contribution in [2.24, 2.45) is 27.0 Å². The highest BCUT2D eigenvalue weighted by molar-refractivity contribution is 7.22. The second-order valence-electron chi connectivity index (χ2n) is 18.7. The average molecular weight is 807 g/mol. The van der Waals surface area contributed by atoms with Gasteiger partial charge in [0.05, 0.1) is 28.6 Å². The monoisotopic (exact) mass is 806 g/mol. The zero-order valence-electron chi connectivity index (χ0n) is 34.3. The minimum atomic E-state index is -0.812.